The molecule has 24 heavy (non-hydrogen) atoms. The minimum atomic E-state index is -2.30. The van der Waals surface area contributed by atoms with E-state index in [1.54, 1.807) is 7.11 Å². The minimum Gasteiger partial charge on any atom is -0.437 e. The van der Waals surface area contributed by atoms with Crippen molar-refractivity contribution in [3.05, 3.63) is 0 Å². The summed E-state index contributed by atoms with van der Waals surface area (Å²) >= 11 is 0. The SMILES string of the molecule is COCCC[Si](C)(O[Si](C)(C)C)O[Si](C)(C)O[Si](C)O[Si](C)(C)C. The average Bonchev–Trinajstić information content (AvgIpc) is 2.20. The zero-order valence-corrected chi connectivity index (χ0v) is 22.7. The lowest BCUT2D eigenvalue weighted by Gasteiger charge is -2.40. The van der Waals surface area contributed by atoms with Gasteiger partial charge in [-0.05, 0) is 77.9 Å². The Morgan fingerprint density at radius 1 is 0.750 bits per heavy atom. The molecule has 0 N–H and O–H groups in total. The van der Waals surface area contributed by atoms with E-state index in [4.69, 9.17) is 21.2 Å². The Bertz CT molecular complexity index is 370. The van der Waals surface area contributed by atoms with Crippen LogP contribution in [-0.2, 0) is 21.2 Å². The molecule has 0 aromatic rings. The maximum atomic E-state index is 6.61. The second kappa shape index (κ2) is 9.71. The summed E-state index contributed by atoms with van der Waals surface area (Å²) in [6, 6.07) is 0.936. The van der Waals surface area contributed by atoms with Crippen LogP contribution in [0.25, 0.3) is 0 Å². The van der Waals surface area contributed by atoms with Gasteiger partial charge in [0, 0.05) is 13.7 Å². The van der Waals surface area contributed by atoms with Crippen LogP contribution in [0.3, 0.4) is 0 Å². The highest BCUT2D eigenvalue weighted by molar-refractivity contribution is 6.88. The van der Waals surface area contributed by atoms with Gasteiger partial charge in [-0.3, -0.25) is 0 Å². The first-order valence-corrected chi connectivity index (χ1v) is 22.7. The minimum absolute atomic E-state index is 0.741. The molecule has 0 amide bonds. The highest BCUT2D eigenvalue weighted by Gasteiger charge is 2.43. The second-order valence-corrected chi connectivity index (χ2v) is 27.0. The summed E-state index contributed by atoms with van der Waals surface area (Å²) in [5, 5.41) is 0. The van der Waals surface area contributed by atoms with Gasteiger partial charge in [0.05, 0.1) is 0 Å². The summed E-state index contributed by atoms with van der Waals surface area (Å²) in [6.07, 6.45) is 0.962. The average molecular weight is 428 g/mol. The topological polar surface area (TPSA) is 46.2 Å². The molecule has 10 heteroatoms. The van der Waals surface area contributed by atoms with Crippen molar-refractivity contribution in [1.82, 2.24) is 0 Å². The summed E-state index contributed by atoms with van der Waals surface area (Å²) in [6.45, 7) is 22.5. The lowest BCUT2D eigenvalue weighted by atomic mass is 10.5. The normalized spacial score (nSPS) is 16.5. The van der Waals surface area contributed by atoms with Crippen LogP contribution in [0.5, 0.6) is 0 Å². The van der Waals surface area contributed by atoms with Crippen molar-refractivity contribution in [3.8, 4) is 0 Å². The van der Waals surface area contributed by atoms with Crippen molar-refractivity contribution in [2.75, 3.05) is 13.7 Å². The van der Waals surface area contributed by atoms with Crippen LogP contribution in [0.15, 0.2) is 0 Å². The summed E-state index contributed by atoms with van der Waals surface area (Å²) in [7, 11) is -7.42. The maximum absolute atomic E-state index is 6.61. The van der Waals surface area contributed by atoms with Crippen LogP contribution in [0.1, 0.15) is 6.42 Å². The largest absolute Gasteiger partial charge is 0.437 e. The molecule has 0 saturated heterocycles. The fraction of sp³-hybridized carbons (Fsp3) is 1.00. The number of hydrogen-bond acceptors (Lipinski definition) is 5. The van der Waals surface area contributed by atoms with E-state index in [9.17, 15) is 0 Å². The first-order valence-electron chi connectivity index (χ1n) is 8.68. The van der Waals surface area contributed by atoms with E-state index in [0.29, 0.717) is 0 Å². The monoisotopic (exact) mass is 427 g/mol. The highest BCUT2D eigenvalue weighted by atomic mass is 28.5. The van der Waals surface area contributed by atoms with Crippen LogP contribution in [0, 0.1) is 0 Å². The quantitative estimate of drug-likeness (QED) is 0.335. The molecule has 1 radical (unpaired) electrons. The number of hydrogen-bond donors (Lipinski definition) is 0. The second-order valence-electron chi connectivity index (χ2n) is 8.75. The van der Waals surface area contributed by atoms with E-state index in [1.165, 1.54) is 0 Å². The summed E-state index contributed by atoms with van der Waals surface area (Å²) < 4.78 is 30.8. The predicted molar refractivity (Wildman–Crippen MR) is 113 cm³/mol. The molecule has 0 heterocycles. The molecule has 0 aliphatic rings. The van der Waals surface area contributed by atoms with Crippen LogP contribution in [0.4, 0.5) is 0 Å². The zero-order valence-electron chi connectivity index (χ0n) is 17.7. The fourth-order valence-electron chi connectivity index (χ4n) is 2.65. The predicted octanol–water partition coefficient (Wildman–Crippen LogP) is 4.65. The molecule has 0 saturated carbocycles. The summed E-state index contributed by atoms with van der Waals surface area (Å²) in [4.78, 5) is 0. The van der Waals surface area contributed by atoms with Gasteiger partial charge in [-0.2, -0.15) is 0 Å². The van der Waals surface area contributed by atoms with Crippen molar-refractivity contribution in [2.45, 2.75) is 77.9 Å². The van der Waals surface area contributed by atoms with Crippen molar-refractivity contribution in [2.24, 2.45) is 0 Å². The molecule has 1 atom stereocenters. The Morgan fingerprint density at radius 2 is 1.29 bits per heavy atom. The number of rotatable bonds is 12. The van der Waals surface area contributed by atoms with Gasteiger partial charge in [-0.15, -0.1) is 0 Å². The van der Waals surface area contributed by atoms with Gasteiger partial charge < -0.3 is 21.2 Å². The zero-order chi connectivity index (χ0) is 19.2. The van der Waals surface area contributed by atoms with Crippen LogP contribution >= 0.6 is 0 Å². The summed E-state index contributed by atoms with van der Waals surface area (Å²) in [5.41, 5.74) is 0. The van der Waals surface area contributed by atoms with Gasteiger partial charge >= 0.3 is 26.4 Å². The molecular formula is C14H39O5Si5. The molecule has 0 aromatic heterocycles. The van der Waals surface area contributed by atoms with E-state index < -0.39 is 43.0 Å². The van der Waals surface area contributed by atoms with Crippen LogP contribution in [-0.4, -0.2) is 56.8 Å². The lowest BCUT2D eigenvalue weighted by molar-refractivity contribution is 0.195. The first-order chi connectivity index (χ1) is 10.6. The molecule has 0 aliphatic heterocycles. The van der Waals surface area contributed by atoms with E-state index in [0.717, 1.165) is 19.1 Å². The van der Waals surface area contributed by atoms with E-state index in [-0.39, 0.29) is 0 Å². The van der Waals surface area contributed by atoms with Gasteiger partial charge in [0.2, 0.25) is 0 Å². The van der Waals surface area contributed by atoms with Gasteiger partial charge in [0.25, 0.3) is 0 Å². The fourth-order valence-corrected chi connectivity index (χ4v) is 21.4. The van der Waals surface area contributed by atoms with Gasteiger partial charge in [0.15, 0.2) is 16.6 Å². The Balaban J connectivity index is 4.95. The Hall–Kier alpha value is 0.884. The third-order valence-electron chi connectivity index (χ3n) is 2.80. The van der Waals surface area contributed by atoms with Gasteiger partial charge in [0.1, 0.15) is 0 Å². The molecular weight excluding hydrogens is 389 g/mol. The van der Waals surface area contributed by atoms with Gasteiger partial charge in [-0.25, -0.2) is 0 Å². The van der Waals surface area contributed by atoms with E-state index >= 15 is 0 Å². The Labute approximate surface area is 156 Å². The molecule has 0 spiro atoms. The highest BCUT2D eigenvalue weighted by Crippen LogP contribution is 2.26. The molecule has 0 aliphatic carbocycles. The Kier molecular flexibility index (Phi) is 10.1. The maximum Gasteiger partial charge on any atom is 0.360 e. The van der Waals surface area contributed by atoms with Crippen molar-refractivity contribution in [3.63, 3.8) is 0 Å². The number of ether oxygens (including phenoxy) is 1. The third-order valence-corrected chi connectivity index (χ3v) is 18.7. The van der Waals surface area contributed by atoms with Crippen LogP contribution in [0.2, 0.25) is 71.5 Å². The molecule has 0 aromatic carbocycles. The van der Waals surface area contributed by atoms with Crippen molar-refractivity contribution >= 4 is 43.0 Å². The van der Waals surface area contributed by atoms with Crippen molar-refractivity contribution in [1.29, 1.82) is 0 Å². The van der Waals surface area contributed by atoms with Crippen molar-refractivity contribution < 1.29 is 21.2 Å². The molecule has 5 nitrogen and oxygen atoms in total. The first kappa shape index (κ1) is 24.9. The number of methoxy groups -OCH3 is 1. The Morgan fingerprint density at radius 3 is 1.71 bits per heavy atom. The molecule has 1 unspecified atom stereocenters. The van der Waals surface area contributed by atoms with E-state index in [1.807, 2.05) is 0 Å². The van der Waals surface area contributed by atoms with Crippen LogP contribution < -0.4 is 0 Å². The van der Waals surface area contributed by atoms with E-state index in [2.05, 4.69) is 65.5 Å². The molecule has 145 valence electrons. The molecule has 0 bridgehead atoms. The third kappa shape index (κ3) is 13.1. The van der Waals surface area contributed by atoms with Gasteiger partial charge in [-0.1, -0.05) is 0 Å². The smallest absolute Gasteiger partial charge is 0.360 e. The standard InChI is InChI=1S/C14H39O5Si5/c1-15-13-12-14-24(11,18-22(6,7)8)19-23(9,10)17-20(2)16-21(3,4)5/h12-14H2,1-11H3. The molecule has 0 rings (SSSR count). The lowest BCUT2D eigenvalue weighted by Crippen LogP contribution is -2.56. The summed E-state index contributed by atoms with van der Waals surface area (Å²) in [5.74, 6) is 0. The molecule has 0 fully saturated rings.